The van der Waals surface area contributed by atoms with Crippen LogP contribution in [0.2, 0.25) is 0 Å². The summed E-state index contributed by atoms with van der Waals surface area (Å²) in [4.78, 5) is 27.9. The summed E-state index contributed by atoms with van der Waals surface area (Å²) in [5, 5.41) is 11.2. The van der Waals surface area contributed by atoms with Gasteiger partial charge in [-0.1, -0.05) is 12.1 Å². The number of hydrogen-bond donors (Lipinski definition) is 1. The summed E-state index contributed by atoms with van der Waals surface area (Å²) in [5.41, 5.74) is 0.668. The van der Waals surface area contributed by atoms with Crippen LogP contribution in [-0.4, -0.2) is 52.4 Å². The third-order valence-electron chi connectivity index (χ3n) is 4.35. The number of benzene rings is 1. The van der Waals surface area contributed by atoms with Gasteiger partial charge in [0.15, 0.2) is 0 Å². The van der Waals surface area contributed by atoms with Crippen LogP contribution in [0, 0.1) is 6.92 Å². The molecule has 1 aliphatic rings. The smallest absolute Gasteiger partial charge is 0.411 e. The number of carbonyl (C=O) groups is 2. The molecule has 28 heavy (non-hydrogen) atoms. The van der Waals surface area contributed by atoms with Crippen molar-refractivity contribution in [3.63, 3.8) is 0 Å². The summed E-state index contributed by atoms with van der Waals surface area (Å²) in [5.74, 6) is -0.264. The van der Waals surface area contributed by atoms with Crippen LogP contribution in [0.15, 0.2) is 30.5 Å². The number of carbonyl (C=O) groups excluding carboxylic acids is 1. The van der Waals surface area contributed by atoms with Crippen molar-refractivity contribution in [3.05, 3.63) is 36.0 Å². The molecule has 1 atom stereocenters. The van der Waals surface area contributed by atoms with Crippen LogP contribution in [0.3, 0.4) is 0 Å². The summed E-state index contributed by atoms with van der Waals surface area (Å²) in [6.45, 7) is 7.83. The Labute approximate surface area is 165 Å². The Balaban J connectivity index is 0.000000202. The fourth-order valence-electron chi connectivity index (χ4n) is 3.06. The molecule has 0 aliphatic carbocycles. The lowest BCUT2D eigenvalue weighted by Gasteiger charge is -2.26. The Hall–Kier alpha value is -2.83. The fraction of sp³-hybridized carbons (Fsp3) is 0.476. The van der Waals surface area contributed by atoms with Crippen LogP contribution in [-0.2, 0) is 9.53 Å². The second kappa shape index (κ2) is 8.91. The molecule has 1 amide bonds. The summed E-state index contributed by atoms with van der Waals surface area (Å²) in [6.07, 6.45) is 2.46. The maximum atomic E-state index is 11.6. The van der Waals surface area contributed by atoms with Gasteiger partial charge in [-0.25, -0.2) is 14.6 Å². The molecule has 1 saturated heterocycles. The van der Waals surface area contributed by atoms with Gasteiger partial charge in [0.25, 0.3) is 0 Å². The van der Waals surface area contributed by atoms with E-state index in [9.17, 15) is 9.59 Å². The molecule has 0 bridgehead atoms. The Morgan fingerprint density at radius 1 is 1.21 bits per heavy atom. The van der Waals surface area contributed by atoms with Crippen LogP contribution in [0.5, 0.6) is 5.88 Å². The number of carboxylic acid groups (broad SMARTS) is 1. The van der Waals surface area contributed by atoms with Crippen molar-refractivity contribution < 1.29 is 24.2 Å². The van der Waals surface area contributed by atoms with E-state index in [-0.39, 0.29) is 0 Å². The maximum absolute atomic E-state index is 11.6. The molecule has 152 valence electrons. The second-order valence-electron chi connectivity index (χ2n) is 7.66. The average Bonchev–Trinajstić information content (AvgIpc) is 3.11. The van der Waals surface area contributed by atoms with Crippen molar-refractivity contribution in [1.29, 1.82) is 0 Å². The minimum atomic E-state index is -0.960. The van der Waals surface area contributed by atoms with Gasteiger partial charge in [-0.05, 0) is 63.6 Å². The minimum absolute atomic E-state index is 0.464. The van der Waals surface area contributed by atoms with E-state index in [0.717, 1.165) is 11.8 Å². The van der Waals surface area contributed by atoms with Gasteiger partial charge in [-0.3, -0.25) is 4.90 Å². The first kappa shape index (κ1) is 21.5. The Morgan fingerprint density at radius 2 is 1.93 bits per heavy atom. The molecular weight excluding hydrogens is 360 g/mol. The number of rotatable bonds is 2. The van der Waals surface area contributed by atoms with Crippen LogP contribution in [0.1, 0.15) is 39.2 Å². The molecule has 0 spiro atoms. The number of amides is 1. The predicted octanol–water partition coefficient (Wildman–Crippen LogP) is 4.02. The summed E-state index contributed by atoms with van der Waals surface area (Å²) >= 11 is 0. The van der Waals surface area contributed by atoms with E-state index in [0.29, 0.717) is 18.8 Å². The van der Waals surface area contributed by atoms with Gasteiger partial charge in [0.2, 0.25) is 5.88 Å². The number of carboxylic acids is 1. The first-order valence-corrected chi connectivity index (χ1v) is 9.25. The van der Waals surface area contributed by atoms with E-state index in [1.807, 2.05) is 18.2 Å². The van der Waals surface area contributed by atoms with E-state index in [1.54, 1.807) is 34.1 Å². The van der Waals surface area contributed by atoms with Gasteiger partial charge in [0.1, 0.15) is 11.6 Å². The van der Waals surface area contributed by atoms with Gasteiger partial charge < -0.3 is 14.6 Å². The summed E-state index contributed by atoms with van der Waals surface area (Å²) < 4.78 is 10.3. The standard InChI is InChI=1S/C11H11NO.C10H17NO4/c1-8-4-3-5-10-9(8)6-7-12-11(10)13-2;1-10(2,3)15-9(14)11-6-4-5-7(11)8(12)13/h3-7H,1-2H3;7H,4-6H2,1-3H3,(H,12,13)/t;7-/m.0/s1. The monoisotopic (exact) mass is 388 g/mol. The van der Waals surface area contributed by atoms with Crippen molar-refractivity contribution in [1.82, 2.24) is 9.88 Å². The predicted molar refractivity (Wildman–Crippen MR) is 107 cm³/mol. The zero-order chi connectivity index (χ0) is 20.9. The van der Waals surface area contributed by atoms with Crippen molar-refractivity contribution in [2.24, 2.45) is 0 Å². The normalized spacial score (nSPS) is 16.3. The summed E-state index contributed by atoms with van der Waals surface area (Å²) in [6, 6.07) is 7.41. The molecule has 1 aromatic carbocycles. The number of hydrogen-bond acceptors (Lipinski definition) is 5. The Morgan fingerprint density at radius 3 is 2.54 bits per heavy atom. The van der Waals surface area contributed by atoms with Crippen LogP contribution < -0.4 is 4.74 Å². The van der Waals surface area contributed by atoms with E-state index >= 15 is 0 Å². The highest BCUT2D eigenvalue weighted by Crippen LogP contribution is 2.24. The quantitative estimate of drug-likeness (QED) is 0.836. The molecule has 2 aromatic rings. The van der Waals surface area contributed by atoms with Gasteiger partial charge in [-0.2, -0.15) is 0 Å². The van der Waals surface area contributed by atoms with Gasteiger partial charge in [0.05, 0.1) is 7.11 Å². The van der Waals surface area contributed by atoms with Crippen LogP contribution in [0.4, 0.5) is 4.79 Å². The number of aliphatic carboxylic acids is 1. The van der Waals surface area contributed by atoms with Crippen molar-refractivity contribution in [2.75, 3.05) is 13.7 Å². The Bertz CT molecular complexity index is 844. The second-order valence-corrected chi connectivity index (χ2v) is 7.66. The highest BCUT2D eigenvalue weighted by atomic mass is 16.6. The lowest BCUT2D eigenvalue weighted by atomic mass is 10.1. The number of nitrogens with zero attached hydrogens (tertiary/aromatic N) is 2. The van der Waals surface area contributed by atoms with E-state index in [4.69, 9.17) is 14.6 Å². The zero-order valence-corrected chi connectivity index (χ0v) is 17.1. The van der Waals surface area contributed by atoms with E-state index < -0.39 is 23.7 Å². The third-order valence-corrected chi connectivity index (χ3v) is 4.35. The van der Waals surface area contributed by atoms with Crippen molar-refractivity contribution in [2.45, 2.75) is 52.2 Å². The van der Waals surface area contributed by atoms with Crippen LogP contribution in [0.25, 0.3) is 10.8 Å². The molecule has 0 radical (unpaired) electrons. The first-order valence-electron chi connectivity index (χ1n) is 9.25. The fourth-order valence-corrected chi connectivity index (χ4v) is 3.06. The first-order chi connectivity index (χ1) is 13.1. The molecular formula is C21H28N2O5. The molecule has 1 N–H and O–H groups in total. The molecule has 0 unspecified atom stereocenters. The summed E-state index contributed by atoms with van der Waals surface area (Å²) in [7, 11) is 1.64. The van der Waals surface area contributed by atoms with Gasteiger partial charge >= 0.3 is 12.1 Å². The van der Waals surface area contributed by atoms with E-state index in [1.165, 1.54) is 15.8 Å². The molecule has 2 heterocycles. The number of likely N-dealkylation sites (tertiary alicyclic amines) is 1. The highest BCUT2D eigenvalue weighted by Gasteiger charge is 2.36. The molecule has 0 saturated carbocycles. The topological polar surface area (TPSA) is 89.0 Å². The molecule has 7 nitrogen and oxygen atoms in total. The molecule has 1 aromatic heterocycles. The van der Waals surface area contributed by atoms with E-state index in [2.05, 4.69) is 18.0 Å². The van der Waals surface area contributed by atoms with Gasteiger partial charge in [0, 0.05) is 18.1 Å². The van der Waals surface area contributed by atoms with Crippen molar-refractivity contribution >= 4 is 22.8 Å². The molecule has 3 rings (SSSR count). The van der Waals surface area contributed by atoms with Gasteiger partial charge in [-0.15, -0.1) is 0 Å². The van der Waals surface area contributed by atoms with Crippen LogP contribution >= 0.6 is 0 Å². The third kappa shape index (κ3) is 5.34. The maximum Gasteiger partial charge on any atom is 0.411 e. The molecule has 7 heteroatoms. The molecule has 1 fully saturated rings. The van der Waals surface area contributed by atoms with Crippen molar-refractivity contribution in [3.8, 4) is 5.88 Å². The minimum Gasteiger partial charge on any atom is -0.481 e. The molecule has 1 aliphatic heterocycles. The lowest BCUT2D eigenvalue weighted by molar-refractivity contribution is -0.142. The highest BCUT2D eigenvalue weighted by molar-refractivity contribution is 5.89. The SMILES string of the molecule is CC(C)(C)OC(=O)N1CCC[C@H]1C(=O)O.COc1nccc2c(C)cccc12. The number of ether oxygens (including phenoxy) is 2. The number of aromatic nitrogens is 1. The number of aryl methyl sites for hydroxylation is 1. The number of pyridine rings is 1. The lowest BCUT2D eigenvalue weighted by Crippen LogP contribution is -2.43. The number of fused-ring (bicyclic) bond motifs is 1. The average molecular weight is 388 g/mol. The largest absolute Gasteiger partial charge is 0.481 e. The Kier molecular flexibility index (Phi) is 6.83. The number of methoxy groups -OCH3 is 1. The zero-order valence-electron chi connectivity index (χ0n) is 17.1.